The fourth-order valence-electron chi connectivity index (χ4n) is 4.84. The molecule has 0 saturated heterocycles. The number of H-pyrrole nitrogens is 2. The van der Waals surface area contributed by atoms with Crippen LogP contribution in [0.1, 0.15) is 18.4 Å². The highest BCUT2D eigenvalue weighted by atomic mass is 16.1. The Hall–Kier alpha value is -3.93. The number of nitrogens with zero attached hydrogens (tertiary/aromatic N) is 1. The zero-order chi connectivity index (χ0) is 25.6. The average molecular weight is 491 g/mol. The van der Waals surface area contributed by atoms with Gasteiger partial charge in [-0.05, 0) is 86.5 Å². The molecule has 0 aliphatic rings. The molecule has 0 saturated carbocycles. The van der Waals surface area contributed by atoms with E-state index in [-0.39, 0.29) is 5.56 Å². The van der Waals surface area contributed by atoms with Crippen molar-refractivity contribution in [2.45, 2.75) is 19.4 Å². The van der Waals surface area contributed by atoms with Crippen LogP contribution in [0.5, 0.6) is 0 Å². The molecule has 37 heavy (non-hydrogen) atoms. The zero-order valence-corrected chi connectivity index (χ0v) is 21.6. The van der Waals surface area contributed by atoms with Gasteiger partial charge in [-0.15, -0.1) is 0 Å². The molecule has 5 nitrogen and oxygen atoms in total. The maximum absolute atomic E-state index is 12.8. The number of unbranched alkanes of at least 4 members (excludes halogenated alkanes) is 1. The van der Waals surface area contributed by atoms with Gasteiger partial charge in [0.25, 0.3) is 5.56 Å². The molecule has 5 aromatic rings. The molecule has 0 fully saturated rings. The number of aromatic nitrogens is 2. The van der Waals surface area contributed by atoms with Crippen molar-refractivity contribution in [1.82, 2.24) is 20.2 Å². The minimum Gasteiger partial charge on any atom is -0.354 e. The summed E-state index contributed by atoms with van der Waals surface area (Å²) in [5.41, 5.74) is 8.13. The van der Waals surface area contributed by atoms with Crippen molar-refractivity contribution < 1.29 is 0 Å². The standard InChI is InChI=1S/C32H34N4O/c1-36(2)20-7-6-18-33-22-23-12-17-29-28(21-23)30(31(35-29)27-11-8-19-34-32(27)37)26-15-13-25(14-16-26)24-9-4-3-5-10-24/h3-5,8-17,19,21,33,35H,6-7,18,20,22H2,1-2H3,(H,34,37). The lowest BCUT2D eigenvalue weighted by molar-refractivity contribution is 0.391. The lowest BCUT2D eigenvalue weighted by Crippen LogP contribution is -2.18. The molecule has 0 unspecified atom stereocenters. The van der Waals surface area contributed by atoms with Gasteiger partial charge in [-0.25, -0.2) is 0 Å². The van der Waals surface area contributed by atoms with E-state index in [4.69, 9.17) is 0 Å². The molecule has 0 amide bonds. The fraction of sp³-hybridized carbons (Fsp3) is 0.219. The zero-order valence-electron chi connectivity index (χ0n) is 21.6. The first-order valence-electron chi connectivity index (χ1n) is 12.9. The van der Waals surface area contributed by atoms with Crippen LogP contribution in [-0.4, -0.2) is 42.1 Å². The van der Waals surface area contributed by atoms with Crippen molar-refractivity contribution in [1.29, 1.82) is 0 Å². The maximum atomic E-state index is 12.8. The molecule has 0 bridgehead atoms. The van der Waals surface area contributed by atoms with Crippen LogP contribution in [0.15, 0.2) is 95.9 Å². The van der Waals surface area contributed by atoms with Gasteiger partial charge in [0, 0.05) is 29.2 Å². The highest BCUT2D eigenvalue weighted by Gasteiger charge is 2.17. The molecular formula is C32H34N4O. The van der Waals surface area contributed by atoms with Crippen molar-refractivity contribution >= 4 is 10.9 Å². The number of aromatic amines is 2. The van der Waals surface area contributed by atoms with Gasteiger partial charge in [0.15, 0.2) is 0 Å². The summed E-state index contributed by atoms with van der Waals surface area (Å²) in [6, 6.07) is 29.3. The van der Waals surface area contributed by atoms with Gasteiger partial charge in [-0.2, -0.15) is 0 Å². The average Bonchev–Trinajstić information content (AvgIpc) is 3.30. The highest BCUT2D eigenvalue weighted by molar-refractivity contribution is 6.04. The molecule has 3 N–H and O–H groups in total. The van der Waals surface area contributed by atoms with E-state index in [1.807, 2.05) is 18.2 Å². The number of pyridine rings is 1. The summed E-state index contributed by atoms with van der Waals surface area (Å²) in [4.78, 5) is 21.4. The normalized spacial score (nSPS) is 11.4. The summed E-state index contributed by atoms with van der Waals surface area (Å²) in [6.45, 7) is 2.93. The van der Waals surface area contributed by atoms with Crippen molar-refractivity contribution in [3.63, 3.8) is 0 Å². The number of hydrogen-bond donors (Lipinski definition) is 3. The number of fused-ring (bicyclic) bond motifs is 1. The van der Waals surface area contributed by atoms with Crippen LogP contribution in [0.3, 0.4) is 0 Å². The van der Waals surface area contributed by atoms with Crippen molar-refractivity contribution in [2.24, 2.45) is 0 Å². The Bertz CT molecular complexity index is 1510. The first-order valence-corrected chi connectivity index (χ1v) is 12.9. The second kappa shape index (κ2) is 11.4. The summed E-state index contributed by atoms with van der Waals surface area (Å²) >= 11 is 0. The minimum absolute atomic E-state index is 0.101. The second-order valence-electron chi connectivity index (χ2n) is 9.80. The fourth-order valence-corrected chi connectivity index (χ4v) is 4.84. The van der Waals surface area contributed by atoms with Gasteiger partial charge in [-0.1, -0.05) is 60.7 Å². The van der Waals surface area contributed by atoms with E-state index in [9.17, 15) is 4.79 Å². The molecule has 3 aromatic carbocycles. The predicted molar refractivity (Wildman–Crippen MR) is 155 cm³/mol. The molecule has 0 aliphatic heterocycles. The van der Waals surface area contributed by atoms with Gasteiger partial charge < -0.3 is 20.2 Å². The van der Waals surface area contributed by atoms with E-state index in [2.05, 4.69) is 101 Å². The minimum atomic E-state index is -0.101. The first kappa shape index (κ1) is 24.8. The van der Waals surface area contributed by atoms with Gasteiger partial charge in [0.1, 0.15) is 0 Å². The van der Waals surface area contributed by atoms with E-state index in [1.54, 1.807) is 6.20 Å². The van der Waals surface area contributed by atoms with Crippen LogP contribution in [0.4, 0.5) is 0 Å². The lowest BCUT2D eigenvalue weighted by Gasteiger charge is -2.10. The maximum Gasteiger partial charge on any atom is 0.257 e. The molecule has 0 spiro atoms. The number of rotatable bonds is 10. The van der Waals surface area contributed by atoms with E-state index in [0.717, 1.165) is 53.8 Å². The number of hydrogen-bond acceptors (Lipinski definition) is 3. The summed E-state index contributed by atoms with van der Waals surface area (Å²) in [6.07, 6.45) is 4.02. The quantitative estimate of drug-likeness (QED) is 0.202. The van der Waals surface area contributed by atoms with Crippen LogP contribution in [0.25, 0.3) is 44.4 Å². The first-order chi connectivity index (χ1) is 18.1. The molecule has 2 heterocycles. The summed E-state index contributed by atoms with van der Waals surface area (Å²) in [5.74, 6) is 0. The third kappa shape index (κ3) is 5.74. The highest BCUT2D eigenvalue weighted by Crippen LogP contribution is 2.38. The molecule has 5 rings (SSSR count). The smallest absolute Gasteiger partial charge is 0.257 e. The molecule has 188 valence electrons. The summed E-state index contributed by atoms with van der Waals surface area (Å²) in [5, 5.41) is 4.71. The van der Waals surface area contributed by atoms with Crippen molar-refractivity contribution in [2.75, 3.05) is 27.2 Å². The third-order valence-electron chi connectivity index (χ3n) is 6.77. The molecule has 0 aliphatic carbocycles. The lowest BCUT2D eigenvalue weighted by atomic mass is 9.96. The van der Waals surface area contributed by atoms with Gasteiger partial charge >= 0.3 is 0 Å². The van der Waals surface area contributed by atoms with E-state index < -0.39 is 0 Å². The van der Waals surface area contributed by atoms with E-state index >= 15 is 0 Å². The van der Waals surface area contributed by atoms with Crippen molar-refractivity contribution in [3.05, 3.63) is 107 Å². The van der Waals surface area contributed by atoms with Gasteiger partial charge in [-0.3, -0.25) is 4.79 Å². The van der Waals surface area contributed by atoms with Crippen LogP contribution in [0.2, 0.25) is 0 Å². The van der Waals surface area contributed by atoms with Crippen molar-refractivity contribution in [3.8, 4) is 33.5 Å². The molecule has 0 atom stereocenters. The largest absolute Gasteiger partial charge is 0.354 e. The Balaban J connectivity index is 1.49. The molecule has 0 radical (unpaired) electrons. The predicted octanol–water partition coefficient (Wildman–Crippen LogP) is 6.29. The van der Waals surface area contributed by atoms with E-state index in [1.165, 1.54) is 23.1 Å². The van der Waals surface area contributed by atoms with Crippen LogP contribution >= 0.6 is 0 Å². The van der Waals surface area contributed by atoms with Crippen LogP contribution < -0.4 is 10.9 Å². The van der Waals surface area contributed by atoms with Crippen LogP contribution in [-0.2, 0) is 6.54 Å². The van der Waals surface area contributed by atoms with Gasteiger partial charge in [0.2, 0.25) is 0 Å². The molecular weight excluding hydrogens is 456 g/mol. The topological polar surface area (TPSA) is 63.9 Å². The van der Waals surface area contributed by atoms with Crippen LogP contribution in [0, 0.1) is 0 Å². The summed E-state index contributed by atoms with van der Waals surface area (Å²) < 4.78 is 0. The Labute approximate surface area is 218 Å². The Morgan fingerprint density at radius 2 is 1.57 bits per heavy atom. The number of benzene rings is 3. The monoisotopic (exact) mass is 490 g/mol. The SMILES string of the molecule is CN(C)CCCCNCc1ccc2[nH]c(-c3ccc[nH]c3=O)c(-c3ccc(-c4ccccc4)cc3)c2c1. The Morgan fingerprint density at radius 1 is 0.811 bits per heavy atom. The molecule has 2 aromatic heterocycles. The third-order valence-corrected chi connectivity index (χ3v) is 6.77. The Morgan fingerprint density at radius 3 is 2.32 bits per heavy atom. The summed E-state index contributed by atoms with van der Waals surface area (Å²) in [7, 11) is 4.23. The van der Waals surface area contributed by atoms with Gasteiger partial charge in [0.05, 0.1) is 11.3 Å². The molecule has 5 heteroatoms. The Kier molecular flexibility index (Phi) is 7.64. The number of nitrogens with one attached hydrogen (secondary N) is 3. The van der Waals surface area contributed by atoms with E-state index in [0.29, 0.717) is 5.56 Å². The second-order valence-corrected chi connectivity index (χ2v) is 9.80.